The van der Waals surface area contributed by atoms with Crippen LogP contribution in [0.3, 0.4) is 0 Å². The van der Waals surface area contributed by atoms with Gasteiger partial charge in [0.15, 0.2) is 0 Å². The van der Waals surface area contributed by atoms with Crippen LogP contribution in [0.15, 0.2) is 48.5 Å². The highest BCUT2D eigenvalue weighted by atomic mass is 16.5. The number of nitrogens with one attached hydrogen (secondary N) is 3. The Bertz CT molecular complexity index is 772. The van der Waals surface area contributed by atoms with E-state index in [9.17, 15) is 14.4 Å². The number of amides is 3. The Balaban J connectivity index is 1.95. The molecule has 0 saturated carbocycles. The second-order valence-corrected chi connectivity index (χ2v) is 5.09. The predicted octanol–water partition coefficient (Wildman–Crippen LogP) is 2.12. The van der Waals surface area contributed by atoms with Crippen molar-refractivity contribution in [2.24, 2.45) is 0 Å². The third-order valence-corrected chi connectivity index (χ3v) is 3.39. The minimum Gasteiger partial charge on any atom is -0.496 e. The maximum Gasteiger partial charge on any atom is 0.273 e. The molecule has 0 fully saturated rings. The molecule has 2 aromatic carbocycles. The predicted molar refractivity (Wildman–Crippen MR) is 93.3 cm³/mol. The molecular formula is C18H19N3O4. The number of para-hydroxylation sites is 1. The van der Waals surface area contributed by atoms with Crippen LogP contribution in [0.5, 0.6) is 5.75 Å². The summed E-state index contributed by atoms with van der Waals surface area (Å²) in [5, 5.41) is 2.69. The van der Waals surface area contributed by atoms with Crippen molar-refractivity contribution in [3.63, 3.8) is 0 Å². The number of hydrogen-bond acceptors (Lipinski definition) is 4. The molecule has 3 N–H and O–H groups in total. The van der Waals surface area contributed by atoms with E-state index in [1.54, 1.807) is 55.5 Å². The van der Waals surface area contributed by atoms with Crippen LogP contribution in [0.2, 0.25) is 0 Å². The summed E-state index contributed by atoms with van der Waals surface area (Å²) >= 11 is 0. The van der Waals surface area contributed by atoms with E-state index < -0.39 is 11.8 Å². The topological polar surface area (TPSA) is 96.5 Å². The van der Waals surface area contributed by atoms with E-state index in [1.165, 1.54) is 7.11 Å². The quantitative estimate of drug-likeness (QED) is 0.726. The van der Waals surface area contributed by atoms with Gasteiger partial charge in [0.1, 0.15) is 5.75 Å². The van der Waals surface area contributed by atoms with Crippen molar-refractivity contribution >= 4 is 23.4 Å². The summed E-state index contributed by atoms with van der Waals surface area (Å²) < 4.78 is 5.10. The van der Waals surface area contributed by atoms with E-state index in [-0.39, 0.29) is 5.91 Å². The number of benzene rings is 2. The van der Waals surface area contributed by atoms with Gasteiger partial charge in [-0.05, 0) is 36.4 Å². The van der Waals surface area contributed by atoms with Gasteiger partial charge in [0.05, 0.1) is 12.7 Å². The summed E-state index contributed by atoms with van der Waals surface area (Å²) in [6, 6.07) is 13.0. The first-order chi connectivity index (χ1) is 12.0. The molecule has 0 unspecified atom stereocenters. The molecule has 0 radical (unpaired) electrons. The molecule has 2 rings (SSSR count). The summed E-state index contributed by atoms with van der Waals surface area (Å²) in [5.41, 5.74) is 5.93. The monoisotopic (exact) mass is 341 g/mol. The van der Waals surface area contributed by atoms with Crippen molar-refractivity contribution in [2.75, 3.05) is 12.4 Å². The highest BCUT2D eigenvalue weighted by Gasteiger charge is 2.13. The van der Waals surface area contributed by atoms with Gasteiger partial charge in [-0.1, -0.05) is 19.1 Å². The van der Waals surface area contributed by atoms with E-state index >= 15 is 0 Å². The SMILES string of the molecule is CCC(=O)Nc1ccc(C(=O)NNC(=O)c2ccccc2OC)cc1. The molecule has 0 aliphatic heterocycles. The smallest absolute Gasteiger partial charge is 0.273 e. The molecule has 0 atom stereocenters. The van der Waals surface area contributed by atoms with Crippen LogP contribution >= 0.6 is 0 Å². The Morgan fingerprint density at radius 2 is 1.56 bits per heavy atom. The Morgan fingerprint density at radius 1 is 0.920 bits per heavy atom. The van der Waals surface area contributed by atoms with E-state index in [4.69, 9.17) is 4.74 Å². The molecule has 0 aromatic heterocycles. The average Bonchev–Trinajstić information content (AvgIpc) is 2.66. The van der Waals surface area contributed by atoms with Crippen molar-refractivity contribution in [1.29, 1.82) is 0 Å². The molecular weight excluding hydrogens is 322 g/mol. The van der Waals surface area contributed by atoms with Crippen LogP contribution in [-0.4, -0.2) is 24.8 Å². The maximum atomic E-state index is 12.1. The van der Waals surface area contributed by atoms with Crippen LogP contribution in [0, 0.1) is 0 Å². The summed E-state index contributed by atoms with van der Waals surface area (Å²) in [5.74, 6) is -0.666. The van der Waals surface area contributed by atoms with Crippen molar-refractivity contribution in [3.05, 3.63) is 59.7 Å². The summed E-state index contributed by atoms with van der Waals surface area (Å²) in [6.45, 7) is 1.75. The molecule has 130 valence electrons. The number of carbonyl (C=O) groups is 3. The van der Waals surface area contributed by atoms with Crippen LogP contribution in [0.4, 0.5) is 5.69 Å². The first-order valence-electron chi connectivity index (χ1n) is 7.68. The number of hydrazine groups is 1. The third kappa shape index (κ3) is 4.81. The zero-order valence-corrected chi connectivity index (χ0v) is 14.0. The molecule has 0 aliphatic rings. The number of ether oxygens (including phenoxy) is 1. The highest BCUT2D eigenvalue weighted by Crippen LogP contribution is 2.16. The molecule has 3 amide bonds. The molecule has 2 aromatic rings. The number of methoxy groups -OCH3 is 1. The first-order valence-corrected chi connectivity index (χ1v) is 7.68. The summed E-state index contributed by atoms with van der Waals surface area (Å²) in [7, 11) is 1.46. The van der Waals surface area contributed by atoms with Crippen LogP contribution in [-0.2, 0) is 4.79 Å². The fourth-order valence-electron chi connectivity index (χ4n) is 2.04. The third-order valence-electron chi connectivity index (χ3n) is 3.39. The molecule has 7 nitrogen and oxygen atoms in total. The lowest BCUT2D eigenvalue weighted by molar-refractivity contribution is -0.115. The molecule has 0 bridgehead atoms. The maximum absolute atomic E-state index is 12.1. The van der Waals surface area contributed by atoms with E-state index in [2.05, 4.69) is 16.2 Å². The standard InChI is InChI=1S/C18H19N3O4/c1-3-16(22)19-13-10-8-12(9-11-13)17(23)20-21-18(24)14-6-4-5-7-15(14)25-2/h4-11H,3H2,1-2H3,(H,19,22)(H,20,23)(H,21,24). The van der Waals surface area contributed by atoms with Gasteiger partial charge in [-0.15, -0.1) is 0 Å². The highest BCUT2D eigenvalue weighted by molar-refractivity contribution is 6.00. The van der Waals surface area contributed by atoms with E-state index in [0.29, 0.717) is 29.0 Å². The molecule has 25 heavy (non-hydrogen) atoms. The molecule has 0 aliphatic carbocycles. The number of hydrogen-bond donors (Lipinski definition) is 3. The van der Waals surface area contributed by atoms with Crippen molar-refractivity contribution in [2.45, 2.75) is 13.3 Å². The Kier molecular flexibility index (Phi) is 6.11. The molecule has 0 spiro atoms. The average molecular weight is 341 g/mol. The first kappa shape index (κ1) is 18.0. The van der Waals surface area contributed by atoms with Crippen molar-refractivity contribution < 1.29 is 19.1 Å². The minimum atomic E-state index is -0.488. The second kappa shape index (κ2) is 8.49. The van der Waals surface area contributed by atoms with E-state index in [1.807, 2.05) is 0 Å². The fourth-order valence-corrected chi connectivity index (χ4v) is 2.04. The molecule has 0 saturated heterocycles. The lowest BCUT2D eigenvalue weighted by Crippen LogP contribution is -2.41. The zero-order chi connectivity index (χ0) is 18.2. The number of anilines is 1. The normalized spacial score (nSPS) is 9.84. The van der Waals surface area contributed by atoms with Gasteiger partial charge in [0, 0.05) is 17.7 Å². The van der Waals surface area contributed by atoms with Crippen molar-refractivity contribution in [1.82, 2.24) is 10.9 Å². The van der Waals surface area contributed by atoms with Gasteiger partial charge in [-0.3, -0.25) is 25.2 Å². The van der Waals surface area contributed by atoms with Crippen LogP contribution < -0.4 is 20.9 Å². The second-order valence-electron chi connectivity index (χ2n) is 5.09. The molecule has 7 heteroatoms. The lowest BCUT2D eigenvalue weighted by Gasteiger charge is -2.10. The van der Waals surface area contributed by atoms with Crippen molar-refractivity contribution in [3.8, 4) is 5.75 Å². The van der Waals surface area contributed by atoms with Crippen LogP contribution in [0.1, 0.15) is 34.1 Å². The summed E-state index contributed by atoms with van der Waals surface area (Å²) in [4.78, 5) is 35.5. The van der Waals surface area contributed by atoms with E-state index in [0.717, 1.165) is 0 Å². The minimum absolute atomic E-state index is 0.110. The Hall–Kier alpha value is -3.35. The summed E-state index contributed by atoms with van der Waals surface area (Å²) in [6.07, 6.45) is 0.372. The Morgan fingerprint density at radius 3 is 2.20 bits per heavy atom. The van der Waals surface area contributed by atoms with Gasteiger partial charge in [0.25, 0.3) is 11.8 Å². The van der Waals surface area contributed by atoms with Gasteiger partial charge in [-0.2, -0.15) is 0 Å². The Labute approximate surface area is 145 Å². The van der Waals surface area contributed by atoms with Gasteiger partial charge in [-0.25, -0.2) is 0 Å². The van der Waals surface area contributed by atoms with Gasteiger partial charge < -0.3 is 10.1 Å². The lowest BCUT2D eigenvalue weighted by atomic mass is 10.2. The fraction of sp³-hybridized carbons (Fsp3) is 0.167. The number of carbonyl (C=O) groups excluding carboxylic acids is 3. The zero-order valence-electron chi connectivity index (χ0n) is 14.0. The van der Waals surface area contributed by atoms with Gasteiger partial charge >= 0.3 is 0 Å². The largest absolute Gasteiger partial charge is 0.496 e. The van der Waals surface area contributed by atoms with Gasteiger partial charge in [0.2, 0.25) is 5.91 Å². The number of rotatable bonds is 5. The molecule has 0 heterocycles. The van der Waals surface area contributed by atoms with Crippen LogP contribution in [0.25, 0.3) is 0 Å².